The molecule has 2 atom stereocenters. The van der Waals surface area contributed by atoms with Crippen LogP contribution in [0.15, 0.2) is 48.5 Å². The van der Waals surface area contributed by atoms with Crippen molar-refractivity contribution in [2.45, 2.75) is 33.4 Å². The first-order valence-corrected chi connectivity index (χ1v) is 9.20. The summed E-state index contributed by atoms with van der Waals surface area (Å²) in [4.78, 5) is 2.56. The van der Waals surface area contributed by atoms with Crippen molar-refractivity contribution in [3.8, 4) is 11.5 Å². The van der Waals surface area contributed by atoms with E-state index in [-0.39, 0.29) is 0 Å². The summed E-state index contributed by atoms with van der Waals surface area (Å²) in [5, 5.41) is 0. The highest BCUT2D eigenvalue weighted by atomic mass is 16.5. The maximum atomic E-state index is 6.04. The van der Waals surface area contributed by atoms with E-state index >= 15 is 0 Å². The van der Waals surface area contributed by atoms with Crippen LogP contribution in [-0.2, 0) is 13.2 Å². The highest BCUT2D eigenvalue weighted by Gasteiger charge is 2.22. The topological polar surface area (TPSA) is 21.7 Å². The zero-order valence-corrected chi connectivity index (χ0v) is 15.6. The van der Waals surface area contributed by atoms with Gasteiger partial charge in [0.05, 0.1) is 7.11 Å². The van der Waals surface area contributed by atoms with Gasteiger partial charge in [0.2, 0.25) is 0 Å². The summed E-state index contributed by atoms with van der Waals surface area (Å²) in [6.45, 7) is 8.59. The fraction of sp³-hybridized carbons (Fsp3) is 0.455. The Morgan fingerprint density at radius 1 is 0.920 bits per heavy atom. The van der Waals surface area contributed by atoms with Gasteiger partial charge < -0.3 is 9.47 Å². The second-order valence-corrected chi connectivity index (χ2v) is 7.40. The van der Waals surface area contributed by atoms with E-state index in [9.17, 15) is 0 Å². The Morgan fingerprint density at radius 2 is 1.64 bits per heavy atom. The first kappa shape index (κ1) is 17.8. The van der Waals surface area contributed by atoms with Crippen LogP contribution in [-0.4, -0.2) is 25.1 Å². The molecule has 0 aromatic heterocycles. The van der Waals surface area contributed by atoms with Crippen molar-refractivity contribution in [3.05, 3.63) is 59.7 Å². The second-order valence-electron chi connectivity index (χ2n) is 7.40. The number of likely N-dealkylation sites (tertiary alicyclic amines) is 1. The van der Waals surface area contributed by atoms with Gasteiger partial charge in [-0.05, 0) is 41.5 Å². The lowest BCUT2D eigenvalue weighted by Gasteiger charge is -2.35. The van der Waals surface area contributed by atoms with Crippen molar-refractivity contribution in [2.75, 3.05) is 20.2 Å². The predicted molar refractivity (Wildman–Crippen MR) is 102 cm³/mol. The molecule has 0 unspecified atom stereocenters. The van der Waals surface area contributed by atoms with E-state index in [1.807, 2.05) is 24.3 Å². The summed E-state index contributed by atoms with van der Waals surface area (Å²) in [5.74, 6) is 3.16. The van der Waals surface area contributed by atoms with Gasteiger partial charge in [-0.2, -0.15) is 0 Å². The SMILES string of the molecule is COc1ccc(CN2C[C@@H](C)C[C@H](C)C2)cc1OCc1ccccc1. The van der Waals surface area contributed by atoms with E-state index in [1.165, 1.54) is 25.1 Å². The molecule has 0 spiro atoms. The standard InChI is InChI=1S/C22H29NO2/c1-17-11-18(2)14-23(13-17)15-20-9-10-21(24-3)22(12-20)25-16-19-7-5-4-6-8-19/h4-10,12,17-18H,11,13-16H2,1-3H3/t17-,18-/m0/s1. The Labute approximate surface area is 151 Å². The van der Waals surface area contributed by atoms with Crippen molar-refractivity contribution >= 4 is 0 Å². The number of hydrogen-bond donors (Lipinski definition) is 0. The smallest absolute Gasteiger partial charge is 0.161 e. The van der Waals surface area contributed by atoms with E-state index in [2.05, 4.69) is 43.0 Å². The molecule has 134 valence electrons. The van der Waals surface area contributed by atoms with Crippen molar-refractivity contribution in [1.82, 2.24) is 4.90 Å². The molecule has 1 saturated heterocycles. The molecule has 3 nitrogen and oxygen atoms in total. The van der Waals surface area contributed by atoms with Crippen molar-refractivity contribution in [3.63, 3.8) is 0 Å². The molecule has 1 aliphatic heterocycles. The van der Waals surface area contributed by atoms with Crippen LogP contribution < -0.4 is 9.47 Å². The number of nitrogens with zero attached hydrogens (tertiary/aromatic N) is 1. The molecule has 1 aliphatic rings. The van der Waals surface area contributed by atoms with Gasteiger partial charge in [-0.15, -0.1) is 0 Å². The van der Waals surface area contributed by atoms with E-state index in [1.54, 1.807) is 7.11 Å². The van der Waals surface area contributed by atoms with Crippen molar-refractivity contribution in [2.24, 2.45) is 11.8 Å². The minimum absolute atomic E-state index is 0.554. The lowest BCUT2D eigenvalue weighted by Crippen LogP contribution is -2.38. The minimum Gasteiger partial charge on any atom is -0.493 e. The van der Waals surface area contributed by atoms with Crippen LogP contribution in [0, 0.1) is 11.8 Å². The number of ether oxygens (including phenoxy) is 2. The molecular weight excluding hydrogens is 310 g/mol. The Morgan fingerprint density at radius 3 is 2.32 bits per heavy atom. The summed E-state index contributed by atoms with van der Waals surface area (Å²) in [5.41, 5.74) is 2.44. The van der Waals surface area contributed by atoms with Gasteiger partial charge in [-0.1, -0.05) is 50.2 Å². The number of rotatable bonds is 6. The van der Waals surface area contributed by atoms with Crippen molar-refractivity contribution in [1.29, 1.82) is 0 Å². The van der Waals surface area contributed by atoms with Crippen LogP contribution in [0.4, 0.5) is 0 Å². The summed E-state index contributed by atoms with van der Waals surface area (Å²) in [6, 6.07) is 16.5. The zero-order valence-electron chi connectivity index (χ0n) is 15.6. The van der Waals surface area contributed by atoms with Crippen LogP contribution in [0.2, 0.25) is 0 Å². The van der Waals surface area contributed by atoms with Gasteiger partial charge in [0, 0.05) is 19.6 Å². The van der Waals surface area contributed by atoms with Crippen LogP contribution in [0.25, 0.3) is 0 Å². The summed E-state index contributed by atoms with van der Waals surface area (Å²) in [7, 11) is 1.69. The zero-order chi connectivity index (χ0) is 17.6. The molecule has 0 aliphatic carbocycles. The van der Waals surface area contributed by atoms with Crippen LogP contribution in [0.1, 0.15) is 31.4 Å². The average Bonchev–Trinajstić information content (AvgIpc) is 2.60. The molecule has 1 heterocycles. The van der Waals surface area contributed by atoms with E-state index < -0.39 is 0 Å². The highest BCUT2D eigenvalue weighted by Crippen LogP contribution is 2.30. The molecule has 3 rings (SSSR count). The van der Waals surface area contributed by atoms with Gasteiger partial charge in [-0.25, -0.2) is 0 Å². The maximum absolute atomic E-state index is 6.04. The second kappa shape index (κ2) is 8.39. The Hall–Kier alpha value is -2.00. The first-order chi connectivity index (χ1) is 12.1. The third kappa shape index (κ3) is 4.99. The molecule has 3 heteroatoms. The van der Waals surface area contributed by atoms with E-state index in [0.717, 1.165) is 35.4 Å². The van der Waals surface area contributed by atoms with Crippen LogP contribution >= 0.6 is 0 Å². The fourth-order valence-electron chi connectivity index (χ4n) is 3.85. The van der Waals surface area contributed by atoms with Crippen LogP contribution in [0.3, 0.4) is 0 Å². The molecule has 25 heavy (non-hydrogen) atoms. The molecule has 2 aromatic carbocycles. The van der Waals surface area contributed by atoms with Crippen molar-refractivity contribution < 1.29 is 9.47 Å². The van der Waals surface area contributed by atoms with Gasteiger partial charge in [-0.3, -0.25) is 4.90 Å². The fourth-order valence-corrected chi connectivity index (χ4v) is 3.85. The number of benzene rings is 2. The van der Waals surface area contributed by atoms with E-state index in [0.29, 0.717) is 6.61 Å². The third-order valence-corrected chi connectivity index (χ3v) is 4.82. The summed E-state index contributed by atoms with van der Waals surface area (Å²) in [6.07, 6.45) is 1.34. The minimum atomic E-state index is 0.554. The highest BCUT2D eigenvalue weighted by molar-refractivity contribution is 5.43. The predicted octanol–water partition coefficient (Wildman–Crippen LogP) is 4.75. The van der Waals surface area contributed by atoms with Gasteiger partial charge in [0.15, 0.2) is 11.5 Å². The maximum Gasteiger partial charge on any atom is 0.161 e. The normalized spacial score (nSPS) is 21.1. The molecule has 0 saturated carbocycles. The first-order valence-electron chi connectivity index (χ1n) is 9.20. The third-order valence-electron chi connectivity index (χ3n) is 4.82. The number of piperidine rings is 1. The number of methoxy groups -OCH3 is 1. The molecule has 0 bridgehead atoms. The lowest BCUT2D eigenvalue weighted by molar-refractivity contribution is 0.134. The van der Waals surface area contributed by atoms with Gasteiger partial charge >= 0.3 is 0 Å². The summed E-state index contributed by atoms with van der Waals surface area (Å²) < 4.78 is 11.5. The Bertz CT molecular complexity index is 661. The monoisotopic (exact) mass is 339 g/mol. The molecule has 0 N–H and O–H groups in total. The van der Waals surface area contributed by atoms with Gasteiger partial charge in [0.1, 0.15) is 6.61 Å². The Kier molecular flexibility index (Phi) is 5.98. The largest absolute Gasteiger partial charge is 0.493 e. The van der Waals surface area contributed by atoms with Gasteiger partial charge in [0.25, 0.3) is 0 Å². The number of hydrogen-bond acceptors (Lipinski definition) is 3. The molecule has 2 aromatic rings. The molecular formula is C22H29NO2. The molecule has 1 fully saturated rings. The summed E-state index contributed by atoms with van der Waals surface area (Å²) >= 11 is 0. The quantitative estimate of drug-likeness (QED) is 0.758. The van der Waals surface area contributed by atoms with Crippen LogP contribution in [0.5, 0.6) is 11.5 Å². The Balaban J connectivity index is 1.68. The molecule has 0 amide bonds. The molecule has 0 radical (unpaired) electrons. The van der Waals surface area contributed by atoms with E-state index in [4.69, 9.17) is 9.47 Å². The lowest BCUT2D eigenvalue weighted by atomic mass is 9.91. The average molecular weight is 339 g/mol.